The number of nitrogens with zero attached hydrogens (tertiary/aromatic N) is 3. The molecule has 1 saturated heterocycles. The van der Waals surface area contributed by atoms with E-state index < -0.39 is 10.0 Å². The molecule has 0 atom stereocenters. The summed E-state index contributed by atoms with van der Waals surface area (Å²) >= 11 is 0. The fourth-order valence-electron chi connectivity index (χ4n) is 3.36. The summed E-state index contributed by atoms with van der Waals surface area (Å²) in [6, 6.07) is 9.43. The second-order valence-corrected chi connectivity index (χ2v) is 8.67. The Hall–Kier alpha value is -1.99. The van der Waals surface area contributed by atoms with Crippen LogP contribution in [-0.4, -0.2) is 60.9 Å². The highest BCUT2D eigenvalue weighted by Gasteiger charge is 2.29. The fourth-order valence-corrected chi connectivity index (χ4v) is 4.11. The van der Waals surface area contributed by atoms with E-state index in [0.29, 0.717) is 31.5 Å². The van der Waals surface area contributed by atoms with Gasteiger partial charge in [-0.05, 0) is 31.9 Å². The van der Waals surface area contributed by atoms with Gasteiger partial charge in [0.1, 0.15) is 0 Å². The number of aromatic nitrogens is 1. The predicted octanol–water partition coefficient (Wildman–Crippen LogP) is 2.04. The lowest BCUT2D eigenvalue weighted by Gasteiger charge is -2.35. The fraction of sp³-hybridized carbons (Fsp3) is 0.444. The number of aryl methyl sites for hydroxylation is 1. The standard InChI is InChI=1S/C18H23N3O3S/c1-13-12-16(15-6-4-5-7-17(15)19-13)18(22)21-10-8-14(9-11-21)20(2)25(3,23)24/h4-7,12,14H,8-11H2,1-3H3. The van der Waals surface area contributed by atoms with E-state index >= 15 is 0 Å². The first-order valence-electron chi connectivity index (χ1n) is 8.36. The summed E-state index contributed by atoms with van der Waals surface area (Å²) in [7, 11) is -1.60. The molecule has 0 N–H and O–H groups in total. The molecule has 1 aliphatic heterocycles. The van der Waals surface area contributed by atoms with E-state index in [1.54, 1.807) is 7.05 Å². The summed E-state index contributed by atoms with van der Waals surface area (Å²) in [5.41, 5.74) is 2.30. The molecule has 0 bridgehead atoms. The van der Waals surface area contributed by atoms with Crippen LogP contribution in [0.25, 0.3) is 10.9 Å². The van der Waals surface area contributed by atoms with Crippen molar-refractivity contribution in [3.8, 4) is 0 Å². The maximum atomic E-state index is 13.0. The van der Waals surface area contributed by atoms with Crippen LogP contribution in [0.3, 0.4) is 0 Å². The van der Waals surface area contributed by atoms with Crippen LogP contribution in [0.15, 0.2) is 30.3 Å². The van der Waals surface area contributed by atoms with Crippen LogP contribution in [-0.2, 0) is 10.0 Å². The van der Waals surface area contributed by atoms with Crippen LogP contribution in [0.2, 0.25) is 0 Å². The molecule has 134 valence electrons. The Morgan fingerprint density at radius 3 is 2.52 bits per heavy atom. The average Bonchev–Trinajstić information content (AvgIpc) is 2.59. The molecule has 1 aromatic carbocycles. The van der Waals surface area contributed by atoms with Crippen LogP contribution in [0.5, 0.6) is 0 Å². The molecule has 6 nitrogen and oxygen atoms in total. The lowest BCUT2D eigenvalue weighted by molar-refractivity contribution is 0.0688. The van der Waals surface area contributed by atoms with Crippen molar-refractivity contribution in [1.82, 2.24) is 14.2 Å². The second-order valence-electron chi connectivity index (χ2n) is 6.63. The number of rotatable bonds is 3. The predicted molar refractivity (Wildman–Crippen MR) is 98.0 cm³/mol. The van der Waals surface area contributed by atoms with Gasteiger partial charge < -0.3 is 4.90 Å². The number of likely N-dealkylation sites (tertiary alicyclic amines) is 1. The monoisotopic (exact) mass is 361 g/mol. The molecule has 25 heavy (non-hydrogen) atoms. The van der Waals surface area contributed by atoms with Crippen molar-refractivity contribution < 1.29 is 13.2 Å². The normalized spacial score (nSPS) is 16.6. The minimum absolute atomic E-state index is 0.0119. The molecule has 1 fully saturated rings. The third-order valence-corrected chi connectivity index (χ3v) is 6.21. The molecule has 2 heterocycles. The number of hydrogen-bond donors (Lipinski definition) is 0. The Balaban J connectivity index is 1.80. The van der Waals surface area contributed by atoms with Crippen LogP contribution in [0.4, 0.5) is 0 Å². The van der Waals surface area contributed by atoms with Gasteiger partial charge in [-0.25, -0.2) is 12.7 Å². The summed E-state index contributed by atoms with van der Waals surface area (Å²) in [4.78, 5) is 19.3. The zero-order valence-electron chi connectivity index (χ0n) is 14.8. The summed E-state index contributed by atoms with van der Waals surface area (Å²) in [5, 5.41) is 0.855. The van der Waals surface area contributed by atoms with E-state index in [1.165, 1.54) is 10.6 Å². The summed E-state index contributed by atoms with van der Waals surface area (Å²) in [6.45, 7) is 2.99. The first-order valence-corrected chi connectivity index (χ1v) is 10.2. The molecule has 1 amide bonds. The number of amides is 1. The van der Waals surface area contributed by atoms with Crippen molar-refractivity contribution in [3.05, 3.63) is 41.6 Å². The number of carbonyl (C=O) groups excluding carboxylic acids is 1. The number of hydrogen-bond acceptors (Lipinski definition) is 4. The first-order chi connectivity index (χ1) is 11.8. The van der Waals surface area contributed by atoms with Gasteiger partial charge in [0.2, 0.25) is 10.0 Å². The van der Waals surface area contributed by atoms with E-state index in [2.05, 4.69) is 4.98 Å². The molecule has 0 spiro atoms. The zero-order chi connectivity index (χ0) is 18.2. The molecular formula is C18H23N3O3S. The topological polar surface area (TPSA) is 70.6 Å². The molecule has 1 aliphatic rings. The minimum Gasteiger partial charge on any atom is -0.339 e. The summed E-state index contributed by atoms with van der Waals surface area (Å²) in [6.07, 6.45) is 2.52. The molecule has 7 heteroatoms. The Bertz CT molecular complexity index is 903. The van der Waals surface area contributed by atoms with Gasteiger partial charge in [-0.1, -0.05) is 18.2 Å². The van der Waals surface area contributed by atoms with Gasteiger partial charge >= 0.3 is 0 Å². The van der Waals surface area contributed by atoms with Gasteiger partial charge in [-0.15, -0.1) is 0 Å². The number of para-hydroxylation sites is 1. The van der Waals surface area contributed by atoms with Crippen LogP contribution in [0.1, 0.15) is 28.9 Å². The van der Waals surface area contributed by atoms with Gasteiger partial charge in [0.15, 0.2) is 0 Å². The van der Waals surface area contributed by atoms with Gasteiger partial charge in [-0.3, -0.25) is 9.78 Å². The smallest absolute Gasteiger partial charge is 0.254 e. The van der Waals surface area contributed by atoms with E-state index in [0.717, 1.165) is 16.6 Å². The quantitative estimate of drug-likeness (QED) is 0.839. The lowest BCUT2D eigenvalue weighted by atomic mass is 10.0. The highest BCUT2D eigenvalue weighted by Crippen LogP contribution is 2.23. The van der Waals surface area contributed by atoms with Crippen molar-refractivity contribution in [2.75, 3.05) is 26.4 Å². The van der Waals surface area contributed by atoms with Crippen LogP contribution < -0.4 is 0 Å². The Morgan fingerprint density at radius 2 is 1.88 bits per heavy atom. The Kier molecular flexibility index (Phi) is 4.79. The maximum absolute atomic E-state index is 13.0. The van der Waals surface area contributed by atoms with Gasteiger partial charge in [0.05, 0.1) is 17.3 Å². The number of pyridine rings is 1. The molecular weight excluding hydrogens is 338 g/mol. The Labute approximate surface area is 148 Å². The number of benzene rings is 1. The largest absolute Gasteiger partial charge is 0.339 e. The van der Waals surface area contributed by atoms with E-state index in [4.69, 9.17) is 0 Å². The van der Waals surface area contributed by atoms with Gasteiger partial charge in [-0.2, -0.15) is 0 Å². The number of sulfonamides is 1. The lowest BCUT2D eigenvalue weighted by Crippen LogP contribution is -2.47. The SMILES string of the molecule is Cc1cc(C(=O)N2CCC(N(C)S(C)(=O)=O)CC2)c2ccccc2n1. The first kappa shape index (κ1) is 17.8. The number of carbonyl (C=O) groups is 1. The van der Waals surface area contributed by atoms with Crippen LogP contribution in [0, 0.1) is 6.92 Å². The number of piperidine rings is 1. The molecule has 0 unspecified atom stereocenters. The molecule has 2 aromatic rings. The summed E-state index contributed by atoms with van der Waals surface area (Å²) in [5.74, 6) is -0.0119. The zero-order valence-corrected chi connectivity index (χ0v) is 15.6. The van der Waals surface area contributed by atoms with Crippen molar-refractivity contribution in [2.45, 2.75) is 25.8 Å². The minimum atomic E-state index is -3.21. The molecule has 0 radical (unpaired) electrons. The third kappa shape index (κ3) is 3.67. The van der Waals surface area contributed by atoms with Crippen molar-refractivity contribution in [1.29, 1.82) is 0 Å². The maximum Gasteiger partial charge on any atom is 0.254 e. The van der Waals surface area contributed by atoms with E-state index in [1.807, 2.05) is 42.2 Å². The average molecular weight is 361 g/mol. The highest BCUT2D eigenvalue weighted by atomic mass is 32.2. The Morgan fingerprint density at radius 1 is 1.24 bits per heavy atom. The van der Waals surface area contributed by atoms with Crippen LogP contribution >= 0.6 is 0 Å². The molecule has 0 aliphatic carbocycles. The van der Waals surface area contributed by atoms with Crippen molar-refractivity contribution >= 4 is 26.8 Å². The third-order valence-electron chi connectivity index (χ3n) is 4.86. The van der Waals surface area contributed by atoms with E-state index in [-0.39, 0.29) is 11.9 Å². The van der Waals surface area contributed by atoms with Crippen molar-refractivity contribution in [3.63, 3.8) is 0 Å². The van der Waals surface area contributed by atoms with Gasteiger partial charge in [0, 0.05) is 37.3 Å². The highest BCUT2D eigenvalue weighted by molar-refractivity contribution is 7.88. The number of fused-ring (bicyclic) bond motifs is 1. The second kappa shape index (κ2) is 6.72. The van der Waals surface area contributed by atoms with Crippen molar-refractivity contribution in [2.24, 2.45) is 0 Å². The molecule has 0 saturated carbocycles. The molecule has 3 rings (SSSR count). The summed E-state index contributed by atoms with van der Waals surface area (Å²) < 4.78 is 24.8. The van der Waals surface area contributed by atoms with Gasteiger partial charge in [0.25, 0.3) is 5.91 Å². The molecule has 1 aromatic heterocycles. The van der Waals surface area contributed by atoms with E-state index in [9.17, 15) is 13.2 Å².